The van der Waals surface area contributed by atoms with E-state index in [-0.39, 0.29) is 9.92 Å². The molecule has 0 aliphatic heterocycles. The maximum absolute atomic E-state index is 12.5. The molecule has 0 fully saturated rings. The van der Waals surface area contributed by atoms with Crippen molar-refractivity contribution in [2.24, 2.45) is 5.14 Å². The molecule has 1 heterocycles. The minimum Gasteiger partial charge on any atom is -0.244 e. The van der Waals surface area contributed by atoms with Gasteiger partial charge in [0.1, 0.15) is 17.3 Å². The van der Waals surface area contributed by atoms with Gasteiger partial charge in [0.05, 0.1) is 10.7 Å². The smallest absolute Gasteiger partial charge is 0.239 e. The van der Waals surface area contributed by atoms with Gasteiger partial charge in [0.2, 0.25) is 10.0 Å². The predicted octanol–water partition coefficient (Wildman–Crippen LogP) is 2.84. The first-order chi connectivity index (χ1) is 10.9. The van der Waals surface area contributed by atoms with E-state index in [0.29, 0.717) is 29.8 Å². The number of alkyl halides is 1. The summed E-state index contributed by atoms with van der Waals surface area (Å²) in [5.74, 6) is 5.75. The lowest BCUT2D eigenvalue weighted by Crippen LogP contribution is -2.13. The van der Waals surface area contributed by atoms with Gasteiger partial charge >= 0.3 is 0 Å². The van der Waals surface area contributed by atoms with Crippen molar-refractivity contribution in [1.82, 2.24) is 4.98 Å². The van der Waals surface area contributed by atoms with Crippen LogP contribution in [0.4, 0.5) is 4.39 Å². The lowest BCUT2D eigenvalue weighted by molar-refractivity contribution is 0.476. The third-order valence-corrected chi connectivity index (χ3v) is 4.54. The molecule has 1 aromatic carbocycles. The fourth-order valence-corrected chi connectivity index (χ4v) is 3.14. The van der Waals surface area contributed by atoms with Crippen LogP contribution in [0.15, 0.2) is 41.3 Å². The van der Waals surface area contributed by atoms with Gasteiger partial charge in [-0.25, -0.2) is 22.9 Å². The maximum atomic E-state index is 12.5. The molecule has 0 spiro atoms. The number of hydrogen-bond donors (Lipinski definition) is 1. The van der Waals surface area contributed by atoms with Crippen LogP contribution in [0.25, 0.3) is 0 Å². The van der Waals surface area contributed by atoms with E-state index < -0.39 is 16.7 Å². The molecule has 0 unspecified atom stereocenters. The van der Waals surface area contributed by atoms with Crippen LogP contribution in [0.2, 0.25) is 5.02 Å². The molecule has 2 rings (SSSR count). The Morgan fingerprint density at radius 3 is 2.65 bits per heavy atom. The summed E-state index contributed by atoms with van der Waals surface area (Å²) in [7, 11) is -3.85. The van der Waals surface area contributed by atoms with Crippen LogP contribution in [0.1, 0.15) is 23.4 Å². The van der Waals surface area contributed by atoms with Crippen molar-refractivity contribution in [3.8, 4) is 11.8 Å². The molecule has 0 radical (unpaired) electrons. The van der Waals surface area contributed by atoms with Crippen molar-refractivity contribution >= 4 is 21.6 Å². The molecule has 0 atom stereocenters. The summed E-state index contributed by atoms with van der Waals surface area (Å²) >= 11 is 6.07. The van der Waals surface area contributed by atoms with Crippen LogP contribution < -0.4 is 5.14 Å². The van der Waals surface area contributed by atoms with Crippen molar-refractivity contribution in [3.05, 3.63) is 58.4 Å². The van der Waals surface area contributed by atoms with E-state index in [9.17, 15) is 12.8 Å². The number of nitrogens with two attached hydrogens (primary N) is 1. The number of primary sulfonamides is 1. The van der Waals surface area contributed by atoms with E-state index in [0.717, 1.165) is 0 Å². The monoisotopic (exact) mass is 352 g/mol. The molecule has 2 N–H and O–H groups in total. The fourth-order valence-electron chi connectivity index (χ4n) is 1.94. The number of pyridine rings is 1. The van der Waals surface area contributed by atoms with Crippen LogP contribution in [0.5, 0.6) is 0 Å². The molecule has 0 bridgehead atoms. The molecule has 0 aliphatic rings. The van der Waals surface area contributed by atoms with Gasteiger partial charge < -0.3 is 0 Å². The zero-order valence-corrected chi connectivity index (χ0v) is 13.7. The first kappa shape index (κ1) is 17.4. The average Bonchev–Trinajstić information content (AvgIpc) is 2.52. The third-order valence-electron chi connectivity index (χ3n) is 3.03. The molecule has 1 aromatic heterocycles. The zero-order valence-electron chi connectivity index (χ0n) is 12.1. The summed E-state index contributed by atoms with van der Waals surface area (Å²) < 4.78 is 35.3. The van der Waals surface area contributed by atoms with E-state index in [1.165, 1.54) is 6.07 Å². The van der Waals surface area contributed by atoms with Crippen molar-refractivity contribution in [2.75, 3.05) is 0 Å². The molecule has 0 aliphatic carbocycles. The van der Waals surface area contributed by atoms with Gasteiger partial charge in [-0.15, -0.1) is 0 Å². The van der Waals surface area contributed by atoms with Gasteiger partial charge in [0, 0.05) is 6.42 Å². The van der Waals surface area contributed by atoms with Crippen LogP contribution in [-0.2, 0) is 23.1 Å². The second-order valence-electron chi connectivity index (χ2n) is 4.72. The quantitative estimate of drug-likeness (QED) is 0.860. The molecule has 0 saturated carbocycles. The van der Waals surface area contributed by atoms with Gasteiger partial charge in [-0.05, 0) is 36.1 Å². The Morgan fingerprint density at radius 1 is 1.22 bits per heavy atom. The highest BCUT2D eigenvalue weighted by molar-refractivity contribution is 7.89. The molecular weight excluding hydrogens is 339 g/mol. The fraction of sp³-hybridized carbons (Fsp3) is 0.188. The molecule has 7 heteroatoms. The van der Waals surface area contributed by atoms with Crippen molar-refractivity contribution in [3.63, 3.8) is 0 Å². The predicted molar refractivity (Wildman–Crippen MR) is 87.1 cm³/mol. The summed E-state index contributed by atoms with van der Waals surface area (Å²) in [6.07, 6.45) is 0.924. The number of sulfonamides is 1. The van der Waals surface area contributed by atoms with Crippen molar-refractivity contribution < 1.29 is 12.8 Å². The number of hydrogen-bond acceptors (Lipinski definition) is 3. The van der Waals surface area contributed by atoms with E-state index in [1.807, 2.05) is 0 Å². The lowest BCUT2D eigenvalue weighted by atomic mass is 10.1. The van der Waals surface area contributed by atoms with Gasteiger partial charge in [-0.1, -0.05) is 35.7 Å². The minimum absolute atomic E-state index is 0.0954. The van der Waals surface area contributed by atoms with Crippen LogP contribution >= 0.6 is 11.6 Å². The number of aryl methyl sites for hydroxylation is 1. The first-order valence-electron chi connectivity index (χ1n) is 6.73. The summed E-state index contributed by atoms with van der Waals surface area (Å²) in [6, 6.07) is 9.64. The number of benzene rings is 1. The number of nitrogens with zero attached hydrogens (tertiary/aromatic N) is 1. The SMILES string of the molecule is NS(=O)(=O)c1cccc(CCC#Cc2cccc(CF)n2)c1Cl. The molecular formula is C16H14ClFN2O2S. The number of rotatable bonds is 4. The third kappa shape index (κ3) is 4.76. The highest BCUT2D eigenvalue weighted by Crippen LogP contribution is 2.25. The molecule has 120 valence electrons. The first-order valence-corrected chi connectivity index (χ1v) is 8.65. The normalized spacial score (nSPS) is 10.9. The van der Waals surface area contributed by atoms with Crippen molar-refractivity contribution in [2.45, 2.75) is 24.4 Å². The maximum Gasteiger partial charge on any atom is 0.239 e. The molecule has 0 saturated heterocycles. The number of halogens is 2. The van der Waals surface area contributed by atoms with Crippen molar-refractivity contribution in [1.29, 1.82) is 0 Å². The Kier molecular flexibility index (Phi) is 5.72. The summed E-state index contributed by atoms with van der Waals surface area (Å²) in [5.41, 5.74) is 1.48. The Labute approximate surface area is 139 Å². The highest BCUT2D eigenvalue weighted by atomic mass is 35.5. The topological polar surface area (TPSA) is 73.1 Å². The van der Waals surface area contributed by atoms with E-state index in [1.54, 1.807) is 30.3 Å². The van der Waals surface area contributed by atoms with E-state index in [4.69, 9.17) is 16.7 Å². The Bertz CT molecular complexity index is 873. The largest absolute Gasteiger partial charge is 0.244 e. The Morgan fingerprint density at radius 2 is 1.96 bits per heavy atom. The minimum atomic E-state index is -3.85. The Balaban J connectivity index is 2.09. The van der Waals surface area contributed by atoms with Gasteiger partial charge in [-0.3, -0.25) is 0 Å². The Hall–Kier alpha value is -1.94. The van der Waals surface area contributed by atoms with E-state index in [2.05, 4.69) is 16.8 Å². The second kappa shape index (κ2) is 7.55. The van der Waals surface area contributed by atoms with E-state index >= 15 is 0 Å². The molecule has 0 amide bonds. The molecule has 23 heavy (non-hydrogen) atoms. The summed E-state index contributed by atoms with van der Waals surface area (Å²) in [5, 5.41) is 5.23. The second-order valence-corrected chi connectivity index (χ2v) is 6.63. The summed E-state index contributed by atoms with van der Waals surface area (Å²) in [6.45, 7) is -0.633. The van der Waals surface area contributed by atoms with Crippen LogP contribution in [0.3, 0.4) is 0 Å². The zero-order chi connectivity index (χ0) is 16.9. The molecule has 4 nitrogen and oxygen atoms in total. The lowest BCUT2D eigenvalue weighted by Gasteiger charge is -2.06. The van der Waals surface area contributed by atoms with Gasteiger partial charge in [0.15, 0.2) is 0 Å². The van der Waals surface area contributed by atoms with Gasteiger partial charge in [-0.2, -0.15) is 0 Å². The van der Waals surface area contributed by atoms with Crippen LogP contribution in [0, 0.1) is 11.8 Å². The van der Waals surface area contributed by atoms with Gasteiger partial charge in [0.25, 0.3) is 0 Å². The number of aromatic nitrogens is 1. The molecule has 2 aromatic rings. The van der Waals surface area contributed by atoms with Crippen LogP contribution in [-0.4, -0.2) is 13.4 Å². The summed E-state index contributed by atoms with van der Waals surface area (Å²) in [4.78, 5) is 3.93. The standard InChI is InChI=1S/C16H14ClFN2O2S/c17-16-12(6-3-10-15(16)23(19,21)22)5-1-2-7-13-8-4-9-14(11-18)20-13/h3-4,6,8-10H,1,5,11H2,(H2,19,21,22). The average molecular weight is 353 g/mol. The highest BCUT2D eigenvalue weighted by Gasteiger charge is 2.14.